The molecule has 0 atom stereocenters. The van der Waals surface area contributed by atoms with Crippen LogP contribution in [0.2, 0.25) is 0 Å². The van der Waals surface area contributed by atoms with Crippen molar-refractivity contribution in [2.45, 2.75) is 51.5 Å². The van der Waals surface area contributed by atoms with Crippen LogP contribution in [0.4, 0.5) is 0 Å². The molecule has 1 saturated carbocycles. The fourth-order valence-electron chi connectivity index (χ4n) is 3.70. The van der Waals surface area contributed by atoms with E-state index in [1.54, 1.807) is 32.4 Å². The van der Waals surface area contributed by atoms with E-state index >= 15 is 0 Å². The van der Waals surface area contributed by atoms with E-state index in [9.17, 15) is 4.79 Å². The van der Waals surface area contributed by atoms with E-state index in [4.69, 9.17) is 9.47 Å². The molecule has 0 unspecified atom stereocenters. The minimum absolute atomic E-state index is 0.0310. The van der Waals surface area contributed by atoms with Gasteiger partial charge in [0.25, 0.3) is 0 Å². The van der Waals surface area contributed by atoms with Crippen LogP contribution >= 0.6 is 0 Å². The number of hydrogen-bond donors (Lipinski definition) is 0. The van der Waals surface area contributed by atoms with E-state index in [2.05, 4.69) is 9.55 Å². The lowest BCUT2D eigenvalue weighted by molar-refractivity contribution is 0.0991. The molecule has 1 fully saturated rings. The zero-order chi connectivity index (χ0) is 18.4. The number of hydrogen-bond acceptors (Lipinski definition) is 4. The third-order valence-corrected chi connectivity index (χ3v) is 5.25. The maximum Gasteiger partial charge on any atom is 0.169 e. The molecule has 0 N–H and O–H groups in total. The van der Waals surface area contributed by atoms with Crippen molar-refractivity contribution in [1.82, 2.24) is 9.55 Å². The highest BCUT2D eigenvalue weighted by Crippen LogP contribution is 2.28. The van der Waals surface area contributed by atoms with Crippen LogP contribution in [0.3, 0.4) is 0 Å². The summed E-state index contributed by atoms with van der Waals surface area (Å²) in [6.07, 6.45) is 12.2. The zero-order valence-corrected chi connectivity index (χ0v) is 15.7. The molecule has 140 valence electrons. The molecule has 0 amide bonds. The quantitative estimate of drug-likeness (QED) is 0.662. The molecule has 1 heterocycles. The second-order valence-electron chi connectivity index (χ2n) is 7.07. The van der Waals surface area contributed by atoms with Crippen LogP contribution in [0, 0.1) is 5.92 Å². The van der Waals surface area contributed by atoms with Crippen molar-refractivity contribution in [1.29, 1.82) is 0 Å². The lowest BCUT2D eigenvalue weighted by atomic mass is 9.87. The third-order valence-electron chi connectivity index (χ3n) is 5.25. The smallest absolute Gasteiger partial charge is 0.169 e. The number of aryl methyl sites for hydroxylation is 1. The highest BCUT2D eigenvalue weighted by atomic mass is 16.5. The summed E-state index contributed by atoms with van der Waals surface area (Å²) in [5, 5.41) is 0. The number of methoxy groups -OCH3 is 2. The maximum absolute atomic E-state index is 12.6. The van der Waals surface area contributed by atoms with Crippen molar-refractivity contribution in [3.05, 3.63) is 42.0 Å². The van der Waals surface area contributed by atoms with Gasteiger partial charge in [-0.05, 0) is 30.5 Å². The second kappa shape index (κ2) is 8.88. The van der Waals surface area contributed by atoms with Crippen molar-refractivity contribution in [2.24, 2.45) is 5.92 Å². The van der Waals surface area contributed by atoms with Crippen LogP contribution in [-0.2, 0) is 13.0 Å². The van der Waals surface area contributed by atoms with Crippen LogP contribution in [0.25, 0.3) is 0 Å². The average Bonchev–Trinajstić information content (AvgIpc) is 3.13. The third kappa shape index (κ3) is 4.65. The van der Waals surface area contributed by atoms with E-state index in [0.29, 0.717) is 23.5 Å². The van der Waals surface area contributed by atoms with Crippen LogP contribution < -0.4 is 9.47 Å². The van der Waals surface area contributed by atoms with Gasteiger partial charge in [-0.2, -0.15) is 0 Å². The zero-order valence-electron chi connectivity index (χ0n) is 15.7. The van der Waals surface area contributed by atoms with Gasteiger partial charge in [0.2, 0.25) is 0 Å². The van der Waals surface area contributed by atoms with Crippen molar-refractivity contribution in [2.75, 3.05) is 14.2 Å². The van der Waals surface area contributed by atoms with Gasteiger partial charge >= 0.3 is 0 Å². The lowest BCUT2D eigenvalue weighted by Crippen LogP contribution is -2.09. The fraction of sp³-hybridized carbons (Fsp3) is 0.524. The predicted octanol–water partition coefficient (Wildman–Crippen LogP) is 4.30. The van der Waals surface area contributed by atoms with Gasteiger partial charge in [0.05, 0.1) is 32.7 Å². The summed E-state index contributed by atoms with van der Waals surface area (Å²) in [6, 6.07) is 5.25. The van der Waals surface area contributed by atoms with Crippen molar-refractivity contribution in [3.63, 3.8) is 0 Å². The molecule has 2 aromatic rings. The number of carbonyl (C=O) groups is 1. The maximum atomic E-state index is 12.6. The molecule has 0 aliphatic heterocycles. The van der Waals surface area contributed by atoms with Gasteiger partial charge in [0.1, 0.15) is 0 Å². The van der Waals surface area contributed by atoms with E-state index in [0.717, 1.165) is 18.2 Å². The first kappa shape index (κ1) is 18.5. The number of imidazole rings is 1. The first-order valence-corrected chi connectivity index (χ1v) is 9.45. The minimum Gasteiger partial charge on any atom is -0.493 e. The number of ketones is 1. The van der Waals surface area contributed by atoms with Crippen molar-refractivity contribution >= 4 is 5.78 Å². The summed E-state index contributed by atoms with van der Waals surface area (Å²) < 4.78 is 12.6. The van der Waals surface area contributed by atoms with Gasteiger partial charge in [-0.15, -0.1) is 0 Å². The van der Waals surface area contributed by atoms with Crippen LogP contribution in [0.15, 0.2) is 30.7 Å². The Balaban J connectivity index is 1.57. The molecule has 0 bridgehead atoms. The van der Waals surface area contributed by atoms with Crippen molar-refractivity contribution < 1.29 is 14.3 Å². The fourth-order valence-corrected chi connectivity index (χ4v) is 3.70. The summed E-state index contributed by atoms with van der Waals surface area (Å²) in [5.74, 6) is 2.07. The molecule has 0 saturated heterocycles. The van der Waals surface area contributed by atoms with Gasteiger partial charge in [-0.25, -0.2) is 4.98 Å². The Hall–Kier alpha value is -2.30. The molecule has 1 aromatic carbocycles. The number of Topliss-reactive ketones (excluding diaryl/α,β-unsaturated/α-hetero) is 1. The topological polar surface area (TPSA) is 53.4 Å². The van der Waals surface area contributed by atoms with E-state index in [1.807, 2.05) is 12.5 Å². The second-order valence-corrected chi connectivity index (χ2v) is 7.07. The van der Waals surface area contributed by atoms with Gasteiger partial charge in [0, 0.05) is 18.3 Å². The molecule has 3 rings (SSSR count). The van der Waals surface area contributed by atoms with E-state index < -0.39 is 0 Å². The Kier molecular flexibility index (Phi) is 6.31. The molecule has 0 spiro atoms. The molecule has 1 aliphatic rings. The average molecular weight is 356 g/mol. The van der Waals surface area contributed by atoms with Crippen LogP contribution in [0.1, 0.15) is 54.6 Å². The Morgan fingerprint density at radius 1 is 1.15 bits per heavy atom. The molecule has 0 radical (unpaired) electrons. The number of benzene rings is 1. The van der Waals surface area contributed by atoms with Crippen molar-refractivity contribution in [3.8, 4) is 11.5 Å². The number of aromatic nitrogens is 2. The Morgan fingerprint density at radius 2 is 1.92 bits per heavy atom. The molecule has 5 heteroatoms. The van der Waals surface area contributed by atoms with Crippen LogP contribution in [-0.4, -0.2) is 29.6 Å². The first-order valence-electron chi connectivity index (χ1n) is 9.45. The summed E-state index contributed by atoms with van der Waals surface area (Å²) in [4.78, 5) is 17.0. The molecule has 1 aliphatic carbocycles. The Morgan fingerprint density at radius 3 is 2.65 bits per heavy atom. The summed E-state index contributed by atoms with van der Waals surface area (Å²) in [6.45, 7) is 0.988. The number of nitrogens with zero attached hydrogens (tertiary/aromatic N) is 2. The molecular formula is C21H28N2O3. The van der Waals surface area contributed by atoms with E-state index in [1.165, 1.54) is 38.5 Å². The monoisotopic (exact) mass is 356 g/mol. The summed E-state index contributed by atoms with van der Waals surface area (Å²) >= 11 is 0. The minimum atomic E-state index is 0.0310. The van der Waals surface area contributed by atoms with Gasteiger partial charge in [-0.3, -0.25) is 4.79 Å². The predicted molar refractivity (Wildman–Crippen MR) is 101 cm³/mol. The van der Waals surface area contributed by atoms with E-state index in [-0.39, 0.29) is 5.78 Å². The Bertz CT molecular complexity index is 733. The molecule has 5 nitrogen and oxygen atoms in total. The summed E-state index contributed by atoms with van der Waals surface area (Å²) in [5.41, 5.74) is 1.42. The van der Waals surface area contributed by atoms with Gasteiger partial charge in [0.15, 0.2) is 17.3 Å². The number of ether oxygens (including phenoxy) is 2. The molecule has 26 heavy (non-hydrogen) atoms. The number of rotatable bonds is 8. The lowest BCUT2D eigenvalue weighted by Gasteiger charge is -2.21. The number of carbonyl (C=O) groups excluding carboxylic acids is 1. The summed E-state index contributed by atoms with van der Waals surface area (Å²) in [7, 11) is 3.15. The Labute approximate surface area is 155 Å². The van der Waals surface area contributed by atoms with Gasteiger partial charge in [-0.1, -0.05) is 32.1 Å². The van der Waals surface area contributed by atoms with Gasteiger partial charge < -0.3 is 14.0 Å². The highest BCUT2D eigenvalue weighted by Gasteiger charge is 2.15. The molecular weight excluding hydrogens is 328 g/mol. The standard InChI is InChI=1S/C21H28N2O3/c1-25-20-9-8-17(12-21(20)26-2)19(24)13-18-14-23(15-22-18)11-10-16-6-4-3-5-7-16/h8-9,12,14-16H,3-7,10-11,13H2,1-2H3. The highest BCUT2D eigenvalue weighted by molar-refractivity contribution is 5.97. The first-order chi connectivity index (χ1) is 12.7. The normalized spacial score (nSPS) is 15.0. The molecule has 1 aromatic heterocycles. The SMILES string of the molecule is COc1ccc(C(=O)Cc2cn(CCC3CCCCC3)cn2)cc1OC. The largest absolute Gasteiger partial charge is 0.493 e. The van der Waals surface area contributed by atoms with Crippen LogP contribution in [0.5, 0.6) is 11.5 Å².